The van der Waals surface area contributed by atoms with Crippen molar-refractivity contribution >= 4 is 12.6 Å². The molecule has 0 aliphatic heterocycles. The topological polar surface area (TPSA) is 0 Å². The van der Waals surface area contributed by atoms with E-state index in [1.165, 1.54) is 5.56 Å². The van der Waals surface area contributed by atoms with Gasteiger partial charge in [-0.25, -0.2) is 0 Å². The van der Waals surface area contributed by atoms with Gasteiger partial charge in [0.1, 0.15) is 0 Å². The van der Waals surface area contributed by atoms with Crippen molar-refractivity contribution in [1.82, 2.24) is 0 Å². The molecule has 0 amide bonds. The van der Waals surface area contributed by atoms with Crippen molar-refractivity contribution in [2.24, 2.45) is 0 Å². The summed E-state index contributed by atoms with van der Waals surface area (Å²) in [6.45, 7) is 0. The Kier molecular flexibility index (Phi) is 5.95. The smallest absolute Gasteiger partial charge is 0 e. The van der Waals surface area contributed by atoms with Gasteiger partial charge in [0.2, 0.25) is 0 Å². The first-order valence-corrected chi connectivity index (χ1v) is 3.56. The van der Waals surface area contributed by atoms with Gasteiger partial charge in [-0.05, 0) is 5.75 Å². The first kappa shape index (κ1) is 10.1. The van der Waals surface area contributed by atoms with Crippen molar-refractivity contribution in [2.75, 3.05) is 5.75 Å². The summed E-state index contributed by atoms with van der Waals surface area (Å²) >= 11 is 4.08. The molecule has 0 fully saturated rings. The summed E-state index contributed by atoms with van der Waals surface area (Å²) in [6.07, 6.45) is 2.07. The van der Waals surface area contributed by atoms with Crippen LogP contribution in [-0.4, -0.2) is 5.75 Å². The SMILES string of the molecule is SC[CH-]c1ccccc1.[W]. The summed E-state index contributed by atoms with van der Waals surface area (Å²) in [4.78, 5) is 0. The van der Waals surface area contributed by atoms with E-state index >= 15 is 0 Å². The summed E-state index contributed by atoms with van der Waals surface area (Å²) in [6, 6.07) is 10.2. The average Bonchev–Trinajstić information content (AvgIpc) is 1.91. The molecule has 0 unspecified atom stereocenters. The Hall–Kier alpha value is 0.128. The first-order chi connectivity index (χ1) is 4.43. The molecule has 0 aliphatic rings. The van der Waals surface area contributed by atoms with Crippen LogP contribution in [0.2, 0.25) is 0 Å². The minimum Gasteiger partial charge on any atom is -0.191 e. The van der Waals surface area contributed by atoms with Crippen LogP contribution in [0.3, 0.4) is 0 Å². The zero-order valence-electron chi connectivity index (χ0n) is 5.53. The van der Waals surface area contributed by atoms with E-state index in [1.54, 1.807) is 0 Å². The predicted molar refractivity (Wildman–Crippen MR) is 43.7 cm³/mol. The molecule has 10 heavy (non-hydrogen) atoms. The van der Waals surface area contributed by atoms with Gasteiger partial charge in [-0.2, -0.15) is 36.7 Å². The number of rotatable bonds is 2. The Labute approximate surface area is 81.7 Å². The predicted octanol–water partition coefficient (Wildman–Crippen LogP) is 2.17. The van der Waals surface area contributed by atoms with Crippen LogP contribution in [0.15, 0.2) is 30.3 Å². The van der Waals surface area contributed by atoms with Gasteiger partial charge < -0.3 is 0 Å². The maximum absolute atomic E-state index is 4.08. The van der Waals surface area contributed by atoms with Crippen LogP contribution in [0.4, 0.5) is 0 Å². The minimum absolute atomic E-state index is 0. The van der Waals surface area contributed by atoms with E-state index in [0.717, 1.165) is 5.75 Å². The molecule has 0 saturated heterocycles. The maximum Gasteiger partial charge on any atom is 0 e. The fourth-order valence-corrected chi connectivity index (χ4v) is 0.905. The largest absolute Gasteiger partial charge is 0.191 e. The fourth-order valence-electron chi connectivity index (χ4n) is 0.695. The third-order valence-corrected chi connectivity index (χ3v) is 1.31. The van der Waals surface area contributed by atoms with Crippen LogP contribution in [0.5, 0.6) is 0 Å². The molecule has 1 aromatic rings. The molecule has 54 valence electrons. The molecule has 0 spiro atoms. The van der Waals surface area contributed by atoms with Crippen molar-refractivity contribution in [3.8, 4) is 0 Å². The van der Waals surface area contributed by atoms with E-state index in [9.17, 15) is 0 Å². The number of thiol groups is 1. The third kappa shape index (κ3) is 3.34. The molecule has 0 saturated carbocycles. The molecular formula is C8H9SW-. The van der Waals surface area contributed by atoms with E-state index in [2.05, 4.69) is 31.2 Å². The van der Waals surface area contributed by atoms with E-state index in [0.29, 0.717) is 0 Å². The van der Waals surface area contributed by atoms with Crippen molar-refractivity contribution in [2.45, 2.75) is 0 Å². The Morgan fingerprint density at radius 2 is 1.80 bits per heavy atom. The Morgan fingerprint density at radius 3 is 2.30 bits per heavy atom. The molecule has 0 atom stereocenters. The van der Waals surface area contributed by atoms with Gasteiger partial charge in [-0.3, -0.25) is 0 Å². The second-order valence-electron chi connectivity index (χ2n) is 1.80. The molecule has 0 aliphatic carbocycles. The van der Waals surface area contributed by atoms with Crippen molar-refractivity contribution in [3.63, 3.8) is 0 Å². The fraction of sp³-hybridized carbons (Fsp3) is 0.125. The van der Waals surface area contributed by atoms with Crippen LogP contribution in [-0.2, 0) is 21.1 Å². The van der Waals surface area contributed by atoms with E-state index in [-0.39, 0.29) is 21.1 Å². The van der Waals surface area contributed by atoms with Crippen LogP contribution in [0.25, 0.3) is 0 Å². The normalized spacial score (nSPS) is 8.10. The summed E-state index contributed by atoms with van der Waals surface area (Å²) in [7, 11) is 0. The van der Waals surface area contributed by atoms with Crippen molar-refractivity contribution in [1.29, 1.82) is 0 Å². The molecule has 0 N–H and O–H groups in total. The van der Waals surface area contributed by atoms with Gasteiger partial charge in [0.25, 0.3) is 0 Å². The second-order valence-corrected chi connectivity index (χ2v) is 2.16. The zero-order chi connectivity index (χ0) is 6.53. The molecular weight excluding hydrogens is 312 g/mol. The monoisotopic (exact) mass is 321 g/mol. The van der Waals surface area contributed by atoms with Crippen LogP contribution in [0, 0.1) is 6.42 Å². The van der Waals surface area contributed by atoms with Gasteiger partial charge in [-0.15, -0.1) is 12.1 Å². The summed E-state index contributed by atoms with van der Waals surface area (Å²) in [5.41, 5.74) is 1.24. The molecule has 0 bridgehead atoms. The van der Waals surface area contributed by atoms with E-state index in [1.807, 2.05) is 18.2 Å². The van der Waals surface area contributed by atoms with Gasteiger partial charge in [0.15, 0.2) is 0 Å². The van der Waals surface area contributed by atoms with Gasteiger partial charge >= 0.3 is 0 Å². The molecule has 0 nitrogen and oxygen atoms in total. The standard InChI is InChI=1S/C8H9S.W/c9-7-6-8-4-2-1-3-5-8;/h1-6,9H,7H2;/q-1;. The quantitative estimate of drug-likeness (QED) is 0.626. The average molecular weight is 321 g/mol. The number of hydrogen-bond acceptors (Lipinski definition) is 1. The summed E-state index contributed by atoms with van der Waals surface area (Å²) in [5.74, 6) is 0.810. The number of hydrogen-bond donors (Lipinski definition) is 1. The van der Waals surface area contributed by atoms with E-state index < -0.39 is 0 Å². The summed E-state index contributed by atoms with van der Waals surface area (Å²) < 4.78 is 0. The maximum atomic E-state index is 4.08. The van der Waals surface area contributed by atoms with Gasteiger partial charge in [-0.1, -0.05) is 6.07 Å². The molecule has 2 heteroatoms. The van der Waals surface area contributed by atoms with Crippen LogP contribution < -0.4 is 0 Å². The van der Waals surface area contributed by atoms with Crippen LogP contribution >= 0.6 is 12.6 Å². The molecule has 0 aromatic heterocycles. The molecule has 0 heterocycles. The van der Waals surface area contributed by atoms with Gasteiger partial charge in [0.05, 0.1) is 0 Å². The van der Waals surface area contributed by atoms with E-state index in [4.69, 9.17) is 0 Å². The second kappa shape index (κ2) is 5.88. The molecule has 1 aromatic carbocycles. The molecule has 0 radical (unpaired) electrons. The minimum atomic E-state index is 0. The van der Waals surface area contributed by atoms with Crippen molar-refractivity contribution < 1.29 is 21.1 Å². The Morgan fingerprint density at radius 1 is 1.20 bits per heavy atom. The zero-order valence-corrected chi connectivity index (χ0v) is 9.35. The van der Waals surface area contributed by atoms with Gasteiger partial charge in [0, 0.05) is 21.1 Å². The van der Waals surface area contributed by atoms with Crippen molar-refractivity contribution in [3.05, 3.63) is 42.3 Å². The number of benzene rings is 1. The third-order valence-electron chi connectivity index (χ3n) is 1.13. The molecule has 1 rings (SSSR count). The Balaban J connectivity index is 0.000000810. The first-order valence-electron chi connectivity index (χ1n) is 2.92. The summed E-state index contributed by atoms with van der Waals surface area (Å²) in [5, 5.41) is 0. The van der Waals surface area contributed by atoms with Crippen LogP contribution in [0.1, 0.15) is 5.56 Å². The Bertz CT molecular complexity index is 162.